The Kier molecular flexibility index (Phi) is 6.09. The van der Waals surface area contributed by atoms with E-state index in [1.54, 1.807) is 12.4 Å². The minimum atomic E-state index is -0.636. The molecule has 0 bridgehead atoms. The van der Waals surface area contributed by atoms with Crippen molar-refractivity contribution in [2.24, 2.45) is 0 Å². The van der Waals surface area contributed by atoms with Crippen LogP contribution >= 0.6 is 0 Å². The van der Waals surface area contributed by atoms with Gasteiger partial charge in [0.05, 0.1) is 5.41 Å². The molecule has 0 saturated carbocycles. The Hall–Kier alpha value is -6.36. The number of nitriles is 1. The van der Waals surface area contributed by atoms with Crippen LogP contribution in [0.3, 0.4) is 0 Å². The fraction of sp³-hybridized carbons (Fsp3) is 0.0244. The molecule has 208 valence electrons. The van der Waals surface area contributed by atoms with Crippen molar-refractivity contribution in [1.29, 1.82) is 5.26 Å². The molecule has 0 radical (unpaired) electrons. The molecule has 2 aromatic heterocycles. The Morgan fingerprint density at radius 1 is 0.578 bits per heavy atom. The lowest BCUT2D eigenvalue weighted by Gasteiger charge is -2.34. The van der Waals surface area contributed by atoms with Crippen LogP contribution in [0.1, 0.15) is 27.9 Å². The molecule has 0 unspecified atom stereocenters. The summed E-state index contributed by atoms with van der Waals surface area (Å²) in [5.41, 5.74) is 10.8. The molecule has 7 aromatic rings. The van der Waals surface area contributed by atoms with Crippen LogP contribution in [-0.4, -0.2) is 9.97 Å². The van der Waals surface area contributed by atoms with Gasteiger partial charge in [-0.25, -0.2) is 4.98 Å². The molecule has 0 aliphatic heterocycles. The Bertz CT molecular complexity index is 2310. The lowest BCUT2D eigenvalue weighted by molar-refractivity contribution is 0.769. The van der Waals surface area contributed by atoms with E-state index in [-0.39, 0.29) is 0 Å². The first-order valence-electron chi connectivity index (χ1n) is 14.7. The number of hydrogen-bond donors (Lipinski definition) is 0. The van der Waals surface area contributed by atoms with Gasteiger partial charge < -0.3 is 4.85 Å². The second-order valence-electron chi connectivity index (χ2n) is 11.2. The summed E-state index contributed by atoms with van der Waals surface area (Å²) in [6.45, 7) is 7.62. The van der Waals surface area contributed by atoms with Gasteiger partial charge >= 0.3 is 0 Å². The minimum absolute atomic E-state index is 0.372. The van der Waals surface area contributed by atoms with Gasteiger partial charge in [0.25, 0.3) is 5.82 Å². The summed E-state index contributed by atoms with van der Waals surface area (Å²) in [6, 6.07) is 48.9. The molecule has 0 atom stereocenters. The van der Waals surface area contributed by atoms with Gasteiger partial charge in [-0.2, -0.15) is 5.26 Å². The Morgan fingerprint density at radius 2 is 1.22 bits per heavy atom. The van der Waals surface area contributed by atoms with Crippen molar-refractivity contribution < 1.29 is 0 Å². The van der Waals surface area contributed by atoms with Crippen molar-refractivity contribution in [3.8, 4) is 39.4 Å². The van der Waals surface area contributed by atoms with E-state index < -0.39 is 5.41 Å². The molecular formula is C41H24N4. The lowest BCUT2D eigenvalue weighted by Crippen LogP contribution is -2.28. The smallest absolute Gasteiger partial charge is 0.270 e. The zero-order chi connectivity index (χ0) is 30.4. The molecule has 1 aliphatic carbocycles. The number of aromatic nitrogens is 2. The maximum absolute atomic E-state index is 9.58. The largest absolute Gasteiger partial charge is 0.361 e. The molecule has 0 spiro atoms. The standard InChI is InChI=1S/C41H24N4/c1-43-39-24-29(19-21-45-39)36-25-38-40(34-15-9-8-14-33(34)36)35-17-16-27(28-18-20-44-32(22-28)26-42)23-37(35)41(38,30-10-4-2-5-11-30)31-12-6-3-7-13-31/h2-25H. The summed E-state index contributed by atoms with van der Waals surface area (Å²) in [4.78, 5) is 12.1. The summed E-state index contributed by atoms with van der Waals surface area (Å²) < 4.78 is 0. The topological polar surface area (TPSA) is 53.9 Å². The predicted molar refractivity (Wildman–Crippen MR) is 179 cm³/mol. The SMILES string of the molecule is [C-]#[N+]c1cc(-c2cc3c(c4ccccc24)-c2ccc(-c4ccnc(C#N)c4)cc2C3(c2ccccc2)c2ccccc2)ccn1. The Balaban J connectivity index is 1.54. The summed E-state index contributed by atoms with van der Waals surface area (Å²) in [7, 11) is 0. The van der Waals surface area contributed by atoms with Gasteiger partial charge in [0.1, 0.15) is 18.0 Å². The first-order chi connectivity index (χ1) is 22.2. The number of nitrogens with zero attached hydrogens (tertiary/aromatic N) is 4. The van der Waals surface area contributed by atoms with E-state index >= 15 is 0 Å². The molecule has 0 saturated heterocycles. The summed E-state index contributed by atoms with van der Waals surface area (Å²) in [6.07, 6.45) is 3.42. The molecule has 45 heavy (non-hydrogen) atoms. The van der Waals surface area contributed by atoms with Crippen LogP contribution in [0.2, 0.25) is 0 Å². The number of fused-ring (bicyclic) bond motifs is 5. The first-order valence-corrected chi connectivity index (χ1v) is 14.7. The van der Waals surface area contributed by atoms with Gasteiger partial charge in [-0.15, -0.1) is 4.98 Å². The van der Waals surface area contributed by atoms with Crippen molar-refractivity contribution >= 4 is 16.6 Å². The maximum Gasteiger partial charge on any atom is 0.270 e. The number of rotatable bonds is 4. The van der Waals surface area contributed by atoms with Gasteiger partial charge in [-0.3, -0.25) is 0 Å². The van der Waals surface area contributed by atoms with E-state index in [0.717, 1.165) is 33.0 Å². The van der Waals surface area contributed by atoms with Crippen LogP contribution in [0.5, 0.6) is 0 Å². The van der Waals surface area contributed by atoms with E-state index in [2.05, 4.69) is 130 Å². The molecule has 1 aliphatic rings. The van der Waals surface area contributed by atoms with Gasteiger partial charge in [0, 0.05) is 6.20 Å². The molecule has 8 rings (SSSR count). The monoisotopic (exact) mass is 572 g/mol. The normalized spacial score (nSPS) is 12.6. The Labute approximate surface area is 261 Å². The molecular weight excluding hydrogens is 548 g/mol. The van der Waals surface area contributed by atoms with E-state index in [0.29, 0.717) is 11.5 Å². The quantitative estimate of drug-likeness (QED) is 0.197. The number of benzene rings is 5. The highest BCUT2D eigenvalue weighted by atomic mass is 14.8. The zero-order valence-corrected chi connectivity index (χ0v) is 24.1. The minimum Gasteiger partial charge on any atom is -0.361 e. The third kappa shape index (κ3) is 3.98. The van der Waals surface area contributed by atoms with Crippen molar-refractivity contribution in [1.82, 2.24) is 9.97 Å². The van der Waals surface area contributed by atoms with Crippen LogP contribution in [0.4, 0.5) is 5.82 Å². The third-order valence-electron chi connectivity index (χ3n) is 8.93. The van der Waals surface area contributed by atoms with Gasteiger partial charge in [-0.05, 0) is 103 Å². The van der Waals surface area contributed by atoms with Crippen molar-refractivity contribution in [3.63, 3.8) is 0 Å². The van der Waals surface area contributed by atoms with Gasteiger partial charge in [-0.1, -0.05) is 104 Å². The highest BCUT2D eigenvalue weighted by molar-refractivity contribution is 6.10. The highest BCUT2D eigenvalue weighted by Gasteiger charge is 2.47. The van der Waals surface area contributed by atoms with E-state index in [1.807, 2.05) is 24.3 Å². The zero-order valence-electron chi connectivity index (χ0n) is 24.1. The second-order valence-corrected chi connectivity index (χ2v) is 11.2. The van der Waals surface area contributed by atoms with E-state index in [4.69, 9.17) is 6.57 Å². The molecule has 0 N–H and O–H groups in total. The molecule has 5 aromatic carbocycles. The summed E-state index contributed by atoms with van der Waals surface area (Å²) >= 11 is 0. The Morgan fingerprint density at radius 3 is 1.93 bits per heavy atom. The summed E-state index contributed by atoms with van der Waals surface area (Å²) in [5.74, 6) is 0.372. The maximum atomic E-state index is 9.58. The third-order valence-corrected chi connectivity index (χ3v) is 8.93. The fourth-order valence-electron chi connectivity index (χ4n) is 7.08. The van der Waals surface area contributed by atoms with E-state index in [9.17, 15) is 5.26 Å². The van der Waals surface area contributed by atoms with Gasteiger partial charge in [0.15, 0.2) is 0 Å². The number of hydrogen-bond acceptors (Lipinski definition) is 3. The average molecular weight is 573 g/mol. The molecule has 0 fully saturated rings. The molecule has 0 amide bonds. The molecule has 4 nitrogen and oxygen atoms in total. The van der Waals surface area contributed by atoms with Crippen molar-refractivity contribution in [2.75, 3.05) is 0 Å². The second kappa shape index (κ2) is 10.4. The van der Waals surface area contributed by atoms with Crippen LogP contribution in [0.25, 0.3) is 49.0 Å². The predicted octanol–water partition coefficient (Wildman–Crippen LogP) is 9.75. The molecule has 4 heteroatoms. The first kappa shape index (κ1) is 26.3. The van der Waals surface area contributed by atoms with Crippen LogP contribution < -0.4 is 0 Å². The van der Waals surface area contributed by atoms with Crippen LogP contribution in [-0.2, 0) is 5.41 Å². The van der Waals surface area contributed by atoms with Gasteiger partial charge in [0.2, 0.25) is 0 Å². The average Bonchev–Trinajstić information content (AvgIpc) is 3.42. The van der Waals surface area contributed by atoms with E-state index in [1.165, 1.54) is 33.4 Å². The van der Waals surface area contributed by atoms with Crippen molar-refractivity contribution in [2.45, 2.75) is 5.41 Å². The van der Waals surface area contributed by atoms with Crippen LogP contribution in [0.15, 0.2) is 146 Å². The summed E-state index contributed by atoms with van der Waals surface area (Å²) in [5, 5.41) is 11.9. The van der Waals surface area contributed by atoms with Crippen LogP contribution in [0, 0.1) is 17.9 Å². The number of pyridine rings is 2. The van der Waals surface area contributed by atoms with Crippen molar-refractivity contribution in [3.05, 3.63) is 185 Å². The fourth-order valence-corrected chi connectivity index (χ4v) is 7.08. The highest BCUT2D eigenvalue weighted by Crippen LogP contribution is 2.59. The molecule has 2 heterocycles. The lowest BCUT2D eigenvalue weighted by atomic mass is 9.67.